The van der Waals surface area contributed by atoms with Crippen molar-refractivity contribution in [3.63, 3.8) is 0 Å². The third-order valence-electron chi connectivity index (χ3n) is 3.78. The molecule has 0 unspecified atom stereocenters. The first-order chi connectivity index (χ1) is 8.04. The van der Waals surface area contributed by atoms with Crippen LogP contribution in [0.15, 0.2) is 36.4 Å². The highest BCUT2D eigenvalue weighted by atomic mass is 14.3. The SMILES string of the molecule is CC(C)(C)c1ccc2ccc(C3CC3)cc2c1. The Labute approximate surface area is 104 Å². The number of rotatable bonds is 1. The van der Waals surface area contributed by atoms with Gasteiger partial charge >= 0.3 is 0 Å². The lowest BCUT2D eigenvalue weighted by molar-refractivity contribution is 0.591. The third kappa shape index (κ3) is 2.09. The summed E-state index contributed by atoms with van der Waals surface area (Å²) in [6.07, 6.45) is 2.76. The van der Waals surface area contributed by atoms with Crippen LogP contribution >= 0.6 is 0 Å². The van der Waals surface area contributed by atoms with Crippen LogP contribution in [0.2, 0.25) is 0 Å². The average Bonchev–Trinajstić information content (AvgIpc) is 3.10. The molecule has 17 heavy (non-hydrogen) atoms. The molecule has 0 heterocycles. The molecule has 0 aliphatic heterocycles. The van der Waals surface area contributed by atoms with Gasteiger partial charge in [-0.05, 0) is 46.1 Å². The molecular formula is C17H20. The Balaban J connectivity index is 2.12. The van der Waals surface area contributed by atoms with Gasteiger partial charge in [0.25, 0.3) is 0 Å². The van der Waals surface area contributed by atoms with E-state index in [9.17, 15) is 0 Å². The van der Waals surface area contributed by atoms with Crippen LogP contribution in [0.3, 0.4) is 0 Å². The van der Waals surface area contributed by atoms with E-state index in [0.717, 1.165) is 5.92 Å². The fraction of sp³-hybridized carbons (Fsp3) is 0.412. The Hall–Kier alpha value is -1.30. The smallest absolute Gasteiger partial charge is 0.0132 e. The van der Waals surface area contributed by atoms with Crippen LogP contribution in [0, 0.1) is 0 Å². The van der Waals surface area contributed by atoms with Crippen molar-refractivity contribution in [3.8, 4) is 0 Å². The van der Waals surface area contributed by atoms with Gasteiger partial charge in [0, 0.05) is 0 Å². The highest BCUT2D eigenvalue weighted by Gasteiger charge is 2.23. The summed E-state index contributed by atoms with van der Waals surface area (Å²) in [6.45, 7) is 6.83. The zero-order valence-electron chi connectivity index (χ0n) is 11.0. The van der Waals surface area contributed by atoms with Gasteiger partial charge in [0.15, 0.2) is 0 Å². The molecule has 1 saturated carbocycles. The van der Waals surface area contributed by atoms with Crippen LogP contribution in [-0.4, -0.2) is 0 Å². The summed E-state index contributed by atoms with van der Waals surface area (Å²) in [7, 11) is 0. The number of fused-ring (bicyclic) bond motifs is 1. The lowest BCUT2D eigenvalue weighted by atomic mass is 9.85. The standard InChI is InChI=1S/C17H20/c1-17(2,3)16-9-8-13-6-7-14(12-4-5-12)10-15(13)11-16/h6-12H,4-5H2,1-3H3. The van der Waals surface area contributed by atoms with Crippen molar-refractivity contribution in [2.75, 3.05) is 0 Å². The summed E-state index contributed by atoms with van der Waals surface area (Å²) in [5, 5.41) is 2.77. The normalized spacial score (nSPS) is 16.4. The molecule has 0 saturated heterocycles. The highest BCUT2D eigenvalue weighted by Crippen LogP contribution is 2.41. The van der Waals surface area contributed by atoms with Crippen molar-refractivity contribution in [1.29, 1.82) is 0 Å². The predicted molar refractivity (Wildman–Crippen MR) is 74.6 cm³/mol. The Kier molecular flexibility index (Phi) is 2.29. The molecule has 0 amide bonds. The fourth-order valence-electron chi connectivity index (χ4n) is 2.40. The molecule has 0 spiro atoms. The van der Waals surface area contributed by atoms with Gasteiger partial charge < -0.3 is 0 Å². The molecule has 2 aromatic carbocycles. The first kappa shape index (κ1) is 10.8. The van der Waals surface area contributed by atoms with Gasteiger partial charge in [0.1, 0.15) is 0 Å². The first-order valence-corrected chi connectivity index (χ1v) is 6.58. The molecule has 0 atom stereocenters. The summed E-state index contributed by atoms with van der Waals surface area (Å²) < 4.78 is 0. The monoisotopic (exact) mass is 224 g/mol. The minimum Gasteiger partial charge on any atom is -0.0581 e. The van der Waals surface area contributed by atoms with Gasteiger partial charge in [-0.3, -0.25) is 0 Å². The lowest BCUT2D eigenvalue weighted by Crippen LogP contribution is -2.10. The quantitative estimate of drug-likeness (QED) is 0.638. The minimum absolute atomic E-state index is 0.240. The molecule has 88 valence electrons. The lowest BCUT2D eigenvalue weighted by Gasteiger charge is -2.19. The van der Waals surface area contributed by atoms with Crippen LogP contribution in [0.25, 0.3) is 10.8 Å². The molecule has 0 aromatic heterocycles. The van der Waals surface area contributed by atoms with E-state index in [1.807, 2.05) is 0 Å². The summed E-state index contributed by atoms with van der Waals surface area (Å²) in [5.41, 5.74) is 3.20. The molecule has 0 heteroatoms. The second-order valence-corrected chi connectivity index (χ2v) is 6.35. The fourth-order valence-corrected chi connectivity index (χ4v) is 2.40. The van der Waals surface area contributed by atoms with Gasteiger partial charge in [-0.15, -0.1) is 0 Å². The van der Waals surface area contributed by atoms with Crippen molar-refractivity contribution < 1.29 is 0 Å². The summed E-state index contributed by atoms with van der Waals surface area (Å²) in [5.74, 6) is 0.845. The Morgan fingerprint density at radius 2 is 1.59 bits per heavy atom. The maximum Gasteiger partial charge on any atom is -0.0132 e. The van der Waals surface area contributed by atoms with E-state index >= 15 is 0 Å². The molecule has 0 bridgehead atoms. The number of benzene rings is 2. The third-order valence-corrected chi connectivity index (χ3v) is 3.78. The molecule has 0 radical (unpaired) electrons. The van der Waals surface area contributed by atoms with Crippen molar-refractivity contribution in [2.45, 2.75) is 44.9 Å². The predicted octanol–water partition coefficient (Wildman–Crippen LogP) is 5.01. The van der Waals surface area contributed by atoms with E-state index in [4.69, 9.17) is 0 Å². The van der Waals surface area contributed by atoms with Crippen molar-refractivity contribution in [2.24, 2.45) is 0 Å². The summed E-state index contributed by atoms with van der Waals surface area (Å²) in [4.78, 5) is 0. The zero-order chi connectivity index (χ0) is 12.0. The first-order valence-electron chi connectivity index (χ1n) is 6.58. The number of hydrogen-bond acceptors (Lipinski definition) is 0. The second kappa shape index (κ2) is 3.60. The Bertz CT molecular complexity index is 554. The van der Waals surface area contributed by atoms with Gasteiger partial charge in [0.2, 0.25) is 0 Å². The topological polar surface area (TPSA) is 0 Å². The van der Waals surface area contributed by atoms with Gasteiger partial charge in [-0.2, -0.15) is 0 Å². The van der Waals surface area contributed by atoms with Crippen LogP contribution in [0.5, 0.6) is 0 Å². The molecule has 1 aliphatic rings. The molecule has 1 fully saturated rings. The van der Waals surface area contributed by atoms with Crippen LogP contribution < -0.4 is 0 Å². The average molecular weight is 224 g/mol. The van der Waals surface area contributed by atoms with Crippen LogP contribution in [-0.2, 0) is 5.41 Å². The molecular weight excluding hydrogens is 204 g/mol. The summed E-state index contributed by atoms with van der Waals surface area (Å²) >= 11 is 0. The molecule has 0 nitrogen and oxygen atoms in total. The molecule has 0 N–H and O–H groups in total. The van der Waals surface area contributed by atoms with Crippen molar-refractivity contribution in [1.82, 2.24) is 0 Å². The molecule has 1 aliphatic carbocycles. The van der Waals surface area contributed by atoms with Gasteiger partial charge in [-0.1, -0.05) is 57.2 Å². The zero-order valence-corrected chi connectivity index (χ0v) is 11.0. The van der Waals surface area contributed by atoms with E-state index < -0.39 is 0 Å². The maximum atomic E-state index is 2.39. The van der Waals surface area contributed by atoms with E-state index in [1.165, 1.54) is 34.7 Å². The minimum atomic E-state index is 0.240. The van der Waals surface area contributed by atoms with Crippen LogP contribution in [0.1, 0.15) is 50.7 Å². The maximum absolute atomic E-state index is 2.39. The van der Waals surface area contributed by atoms with E-state index in [1.54, 1.807) is 0 Å². The van der Waals surface area contributed by atoms with E-state index in [0.29, 0.717) is 0 Å². The molecule has 3 rings (SSSR count). The van der Waals surface area contributed by atoms with Crippen molar-refractivity contribution >= 4 is 10.8 Å². The Morgan fingerprint density at radius 3 is 2.24 bits per heavy atom. The Morgan fingerprint density at radius 1 is 0.882 bits per heavy atom. The largest absolute Gasteiger partial charge is 0.0581 e. The van der Waals surface area contributed by atoms with E-state index in [-0.39, 0.29) is 5.41 Å². The van der Waals surface area contributed by atoms with E-state index in [2.05, 4.69) is 57.2 Å². The molecule has 2 aromatic rings. The summed E-state index contributed by atoms with van der Waals surface area (Å²) in [6, 6.07) is 13.8. The van der Waals surface area contributed by atoms with Crippen LogP contribution in [0.4, 0.5) is 0 Å². The second-order valence-electron chi connectivity index (χ2n) is 6.35. The highest BCUT2D eigenvalue weighted by molar-refractivity contribution is 5.84. The van der Waals surface area contributed by atoms with Crippen molar-refractivity contribution in [3.05, 3.63) is 47.5 Å². The van der Waals surface area contributed by atoms with Gasteiger partial charge in [0.05, 0.1) is 0 Å². The van der Waals surface area contributed by atoms with Gasteiger partial charge in [-0.25, -0.2) is 0 Å². The number of hydrogen-bond donors (Lipinski definition) is 0.